The van der Waals surface area contributed by atoms with E-state index in [0.29, 0.717) is 18.6 Å². The van der Waals surface area contributed by atoms with Crippen molar-refractivity contribution in [1.82, 2.24) is 0 Å². The summed E-state index contributed by atoms with van der Waals surface area (Å²) in [4.78, 5) is 23.2. The highest BCUT2D eigenvalue weighted by atomic mass is 16.5. The van der Waals surface area contributed by atoms with Crippen molar-refractivity contribution in [3.63, 3.8) is 0 Å². The predicted molar refractivity (Wildman–Crippen MR) is 123 cm³/mol. The van der Waals surface area contributed by atoms with Gasteiger partial charge in [-0.05, 0) is 74.4 Å². The van der Waals surface area contributed by atoms with Crippen molar-refractivity contribution in [2.75, 3.05) is 7.11 Å². The molecule has 1 saturated carbocycles. The lowest BCUT2D eigenvalue weighted by Crippen LogP contribution is -2.30. The van der Waals surface area contributed by atoms with Crippen molar-refractivity contribution in [2.24, 2.45) is 0 Å². The van der Waals surface area contributed by atoms with Crippen LogP contribution in [0.15, 0.2) is 36.4 Å². The van der Waals surface area contributed by atoms with Crippen LogP contribution in [0.5, 0.6) is 11.5 Å². The van der Waals surface area contributed by atoms with Gasteiger partial charge < -0.3 is 14.3 Å². The van der Waals surface area contributed by atoms with Crippen molar-refractivity contribution in [2.45, 2.75) is 77.6 Å². The van der Waals surface area contributed by atoms with E-state index in [1.165, 1.54) is 30.4 Å². The first-order valence-electron chi connectivity index (χ1n) is 11.3. The van der Waals surface area contributed by atoms with Crippen LogP contribution in [0.4, 0.5) is 0 Å². The number of carbonyl (C=O) groups is 2. The van der Waals surface area contributed by atoms with Crippen molar-refractivity contribution < 1.29 is 19.1 Å². The number of aryl methyl sites for hydroxylation is 2. The van der Waals surface area contributed by atoms with Gasteiger partial charge in [0.25, 0.3) is 0 Å². The zero-order valence-electron chi connectivity index (χ0n) is 19.3. The van der Waals surface area contributed by atoms with Gasteiger partial charge in [-0.1, -0.05) is 43.5 Å². The fourth-order valence-corrected chi connectivity index (χ4v) is 4.79. The zero-order valence-corrected chi connectivity index (χ0v) is 19.3. The number of benzene rings is 2. The van der Waals surface area contributed by atoms with Crippen LogP contribution in [0.3, 0.4) is 0 Å². The number of methoxy groups -OCH3 is 1. The number of hydrogen-bond donors (Lipinski definition) is 0. The molecule has 0 unspecified atom stereocenters. The quantitative estimate of drug-likeness (QED) is 0.374. The van der Waals surface area contributed by atoms with E-state index in [9.17, 15) is 9.59 Å². The standard InChI is InChI=1S/C27H34O4/c1-19-17-22(11-13-24(19)30-4)27(15-6-5-7-16-27)23-12-14-25(20(2)18-23)31-26(29)10-8-9-21(3)28/h11-14,17-18H,5-10,15-16H2,1-4H3. The van der Waals surface area contributed by atoms with E-state index in [2.05, 4.69) is 37.3 Å². The third kappa shape index (κ3) is 5.36. The summed E-state index contributed by atoms with van der Waals surface area (Å²) in [6, 6.07) is 12.8. The second-order valence-electron chi connectivity index (χ2n) is 8.84. The van der Waals surface area contributed by atoms with Crippen LogP contribution in [-0.4, -0.2) is 18.9 Å². The van der Waals surface area contributed by atoms with Gasteiger partial charge in [-0.2, -0.15) is 0 Å². The molecule has 0 saturated heterocycles. The van der Waals surface area contributed by atoms with Crippen molar-refractivity contribution in [1.29, 1.82) is 0 Å². The molecule has 3 rings (SSSR count). The summed E-state index contributed by atoms with van der Waals surface area (Å²) in [5.74, 6) is 1.33. The van der Waals surface area contributed by atoms with Crippen LogP contribution >= 0.6 is 0 Å². The van der Waals surface area contributed by atoms with E-state index in [4.69, 9.17) is 9.47 Å². The van der Waals surface area contributed by atoms with Gasteiger partial charge in [-0.15, -0.1) is 0 Å². The Morgan fingerprint density at radius 2 is 1.45 bits per heavy atom. The molecule has 2 aromatic rings. The Morgan fingerprint density at radius 1 is 0.871 bits per heavy atom. The van der Waals surface area contributed by atoms with Crippen LogP contribution in [0, 0.1) is 13.8 Å². The number of esters is 1. The molecule has 4 nitrogen and oxygen atoms in total. The molecular weight excluding hydrogens is 388 g/mol. The summed E-state index contributed by atoms with van der Waals surface area (Å²) in [7, 11) is 1.71. The molecule has 0 heterocycles. The first-order valence-corrected chi connectivity index (χ1v) is 11.3. The zero-order chi connectivity index (χ0) is 22.4. The molecule has 1 fully saturated rings. The Kier molecular flexibility index (Phi) is 7.53. The van der Waals surface area contributed by atoms with Gasteiger partial charge in [-0.25, -0.2) is 0 Å². The van der Waals surface area contributed by atoms with Crippen LogP contribution < -0.4 is 9.47 Å². The molecule has 31 heavy (non-hydrogen) atoms. The Morgan fingerprint density at radius 3 is 1.97 bits per heavy atom. The minimum atomic E-state index is -0.282. The largest absolute Gasteiger partial charge is 0.496 e. The Balaban J connectivity index is 1.86. The maximum absolute atomic E-state index is 12.2. The predicted octanol–water partition coefficient (Wildman–Crippen LogP) is 6.23. The Labute approximate surface area is 186 Å². The molecule has 0 amide bonds. The van der Waals surface area contributed by atoms with Gasteiger partial charge in [0.05, 0.1) is 7.11 Å². The number of rotatable bonds is 8. The average molecular weight is 423 g/mol. The highest BCUT2D eigenvalue weighted by molar-refractivity contribution is 5.77. The second kappa shape index (κ2) is 10.1. The molecular formula is C27H34O4. The van der Waals surface area contributed by atoms with Crippen LogP contribution in [-0.2, 0) is 15.0 Å². The molecule has 2 aromatic carbocycles. The fourth-order valence-electron chi connectivity index (χ4n) is 4.79. The smallest absolute Gasteiger partial charge is 0.311 e. The molecule has 166 valence electrons. The van der Waals surface area contributed by atoms with E-state index in [-0.39, 0.29) is 23.6 Å². The summed E-state index contributed by atoms with van der Waals surface area (Å²) in [6.07, 6.45) is 7.11. The molecule has 0 atom stereocenters. The lowest BCUT2D eigenvalue weighted by molar-refractivity contribution is -0.134. The molecule has 0 spiro atoms. The summed E-state index contributed by atoms with van der Waals surface area (Å²) in [6.45, 7) is 5.63. The van der Waals surface area contributed by atoms with E-state index < -0.39 is 0 Å². The van der Waals surface area contributed by atoms with Crippen LogP contribution in [0.25, 0.3) is 0 Å². The average Bonchev–Trinajstić information content (AvgIpc) is 2.75. The third-order valence-corrected chi connectivity index (χ3v) is 6.52. The van der Waals surface area contributed by atoms with E-state index in [0.717, 1.165) is 29.7 Å². The Hall–Kier alpha value is -2.62. The molecule has 1 aliphatic rings. The van der Waals surface area contributed by atoms with Gasteiger partial charge in [0, 0.05) is 18.3 Å². The number of hydrogen-bond acceptors (Lipinski definition) is 4. The van der Waals surface area contributed by atoms with E-state index in [1.807, 2.05) is 13.0 Å². The topological polar surface area (TPSA) is 52.6 Å². The van der Waals surface area contributed by atoms with Gasteiger partial charge in [0.2, 0.25) is 0 Å². The SMILES string of the molecule is COc1ccc(C2(c3ccc(OC(=O)CCCC(C)=O)c(C)c3)CCCCC2)cc1C. The van der Waals surface area contributed by atoms with Crippen molar-refractivity contribution in [3.05, 3.63) is 58.7 Å². The molecule has 4 heteroatoms. The molecule has 0 aromatic heterocycles. The summed E-state index contributed by atoms with van der Waals surface area (Å²) >= 11 is 0. The highest BCUT2D eigenvalue weighted by Crippen LogP contribution is 2.46. The van der Waals surface area contributed by atoms with Crippen molar-refractivity contribution in [3.8, 4) is 11.5 Å². The first kappa shape index (κ1) is 23.1. The van der Waals surface area contributed by atoms with E-state index in [1.54, 1.807) is 14.0 Å². The van der Waals surface area contributed by atoms with Crippen molar-refractivity contribution >= 4 is 11.8 Å². The number of carbonyl (C=O) groups excluding carboxylic acids is 2. The second-order valence-corrected chi connectivity index (χ2v) is 8.84. The summed E-state index contributed by atoms with van der Waals surface area (Å²) < 4.78 is 11.1. The number of ketones is 1. The molecule has 0 radical (unpaired) electrons. The molecule has 1 aliphatic carbocycles. The maximum Gasteiger partial charge on any atom is 0.311 e. The number of Topliss-reactive ketones (excluding diaryl/α,β-unsaturated/α-hetero) is 1. The van der Waals surface area contributed by atoms with Gasteiger partial charge in [0.1, 0.15) is 17.3 Å². The first-order chi connectivity index (χ1) is 14.9. The lowest BCUT2D eigenvalue weighted by atomic mass is 9.65. The monoisotopic (exact) mass is 422 g/mol. The normalized spacial score (nSPS) is 15.4. The lowest BCUT2D eigenvalue weighted by Gasteiger charge is -2.39. The van der Waals surface area contributed by atoms with Gasteiger partial charge in [-0.3, -0.25) is 4.79 Å². The van der Waals surface area contributed by atoms with E-state index >= 15 is 0 Å². The molecule has 0 bridgehead atoms. The minimum absolute atomic E-state index is 0.0237. The van der Waals surface area contributed by atoms with Crippen LogP contribution in [0.2, 0.25) is 0 Å². The third-order valence-electron chi connectivity index (χ3n) is 6.52. The minimum Gasteiger partial charge on any atom is -0.496 e. The molecule has 0 N–H and O–H groups in total. The highest BCUT2D eigenvalue weighted by Gasteiger charge is 2.36. The summed E-state index contributed by atoms with van der Waals surface area (Å²) in [5.41, 5.74) is 4.71. The van der Waals surface area contributed by atoms with Crippen LogP contribution in [0.1, 0.15) is 80.5 Å². The van der Waals surface area contributed by atoms with Gasteiger partial charge >= 0.3 is 5.97 Å². The summed E-state index contributed by atoms with van der Waals surface area (Å²) in [5, 5.41) is 0. The molecule has 0 aliphatic heterocycles. The Bertz CT molecular complexity index is 938. The number of ether oxygens (including phenoxy) is 2. The fraction of sp³-hybridized carbons (Fsp3) is 0.481. The van der Waals surface area contributed by atoms with Gasteiger partial charge in [0.15, 0.2) is 0 Å². The maximum atomic E-state index is 12.2.